The average Bonchev–Trinajstić information content (AvgIpc) is 1.94. The van der Waals surface area contributed by atoms with Crippen molar-refractivity contribution in [3.8, 4) is 0 Å². The van der Waals surface area contributed by atoms with E-state index >= 15 is 0 Å². The van der Waals surface area contributed by atoms with Crippen LogP contribution in [-0.4, -0.2) is 5.78 Å². The summed E-state index contributed by atoms with van der Waals surface area (Å²) in [5.74, 6) is 0.370. The topological polar surface area (TPSA) is 17.1 Å². The molecule has 1 fully saturated rings. The summed E-state index contributed by atoms with van der Waals surface area (Å²) in [7, 11) is 0. The van der Waals surface area contributed by atoms with Crippen LogP contribution in [0.25, 0.3) is 0 Å². The Hall–Kier alpha value is -0.590. The van der Waals surface area contributed by atoms with Crippen LogP contribution in [0.2, 0.25) is 0 Å². The van der Waals surface area contributed by atoms with Crippen molar-refractivity contribution in [1.82, 2.24) is 0 Å². The molecule has 0 aliphatic heterocycles. The summed E-state index contributed by atoms with van der Waals surface area (Å²) < 4.78 is 0. The van der Waals surface area contributed by atoms with Gasteiger partial charge in [-0.2, -0.15) is 0 Å². The van der Waals surface area contributed by atoms with E-state index in [4.69, 9.17) is 0 Å². The molecule has 1 nitrogen and oxygen atoms in total. The summed E-state index contributed by atoms with van der Waals surface area (Å²) in [6, 6.07) is 0. The Bertz CT molecular complexity index is 229. The number of carbonyl (C=O) groups is 1. The molecule has 1 heteroatoms. The molecule has 0 N–H and O–H groups in total. The Kier molecular flexibility index (Phi) is 2.41. The van der Waals surface area contributed by atoms with Gasteiger partial charge in [-0.05, 0) is 37.7 Å². The van der Waals surface area contributed by atoms with Crippen molar-refractivity contribution in [2.45, 2.75) is 47.0 Å². The number of Topliss-reactive ketones (excluding diaryl/α,β-unsaturated/α-hetero) is 1. The van der Waals surface area contributed by atoms with E-state index in [0.29, 0.717) is 11.2 Å². The maximum atomic E-state index is 11.5. The molecule has 0 aromatic carbocycles. The zero-order valence-electron chi connectivity index (χ0n) is 8.53. The number of hydrogen-bond acceptors (Lipinski definition) is 1. The van der Waals surface area contributed by atoms with Crippen molar-refractivity contribution in [1.29, 1.82) is 0 Å². The quantitative estimate of drug-likeness (QED) is 0.505. The van der Waals surface area contributed by atoms with E-state index in [1.165, 1.54) is 5.57 Å². The second kappa shape index (κ2) is 3.04. The van der Waals surface area contributed by atoms with Crippen molar-refractivity contribution in [2.75, 3.05) is 0 Å². The van der Waals surface area contributed by atoms with Gasteiger partial charge < -0.3 is 0 Å². The Morgan fingerprint density at radius 3 is 2.33 bits per heavy atom. The molecule has 0 radical (unpaired) electrons. The summed E-state index contributed by atoms with van der Waals surface area (Å²) >= 11 is 0. The molecule has 68 valence electrons. The van der Waals surface area contributed by atoms with Gasteiger partial charge in [-0.3, -0.25) is 4.79 Å². The van der Waals surface area contributed by atoms with E-state index in [1.807, 2.05) is 13.8 Å². The summed E-state index contributed by atoms with van der Waals surface area (Å²) in [5.41, 5.74) is 2.61. The number of ketones is 1. The maximum absolute atomic E-state index is 11.5. The predicted molar refractivity (Wildman–Crippen MR) is 51.0 cm³/mol. The smallest absolute Gasteiger partial charge is 0.158 e. The minimum Gasteiger partial charge on any atom is -0.295 e. The third-order valence-electron chi connectivity index (χ3n) is 2.62. The highest BCUT2D eigenvalue weighted by Crippen LogP contribution is 2.37. The highest BCUT2D eigenvalue weighted by atomic mass is 16.1. The molecular formula is C11H18O. The van der Waals surface area contributed by atoms with Crippen LogP contribution >= 0.6 is 0 Å². The highest BCUT2D eigenvalue weighted by molar-refractivity contribution is 5.96. The van der Waals surface area contributed by atoms with Crippen molar-refractivity contribution in [3.05, 3.63) is 11.1 Å². The van der Waals surface area contributed by atoms with Gasteiger partial charge in [0, 0.05) is 6.42 Å². The van der Waals surface area contributed by atoms with Gasteiger partial charge in [0.1, 0.15) is 0 Å². The predicted octanol–water partition coefficient (Wildman–Crippen LogP) is 3.10. The third kappa shape index (κ3) is 1.96. The van der Waals surface area contributed by atoms with Crippen LogP contribution in [0.4, 0.5) is 0 Å². The molecule has 1 saturated carbocycles. The first kappa shape index (κ1) is 9.50. The molecule has 0 aromatic heterocycles. The first-order chi connectivity index (χ1) is 5.42. The van der Waals surface area contributed by atoms with Gasteiger partial charge in [-0.15, -0.1) is 0 Å². The van der Waals surface area contributed by atoms with Crippen LogP contribution < -0.4 is 0 Å². The molecular weight excluding hydrogens is 148 g/mol. The van der Waals surface area contributed by atoms with Crippen molar-refractivity contribution < 1.29 is 4.79 Å². The Morgan fingerprint density at radius 2 is 1.92 bits per heavy atom. The standard InChI is InChI=1S/C11H18O/c1-8(2)9-7-11(3,4)6-5-10(9)12/h5-7H2,1-4H3. The van der Waals surface area contributed by atoms with Crippen LogP contribution in [0.3, 0.4) is 0 Å². The monoisotopic (exact) mass is 166 g/mol. The second-order valence-corrected chi connectivity index (χ2v) is 4.74. The minimum atomic E-state index is 0.334. The molecule has 0 amide bonds. The Labute approximate surface area is 74.9 Å². The number of rotatable bonds is 0. The van der Waals surface area contributed by atoms with Crippen molar-refractivity contribution >= 4 is 5.78 Å². The second-order valence-electron chi connectivity index (χ2n) is 4.74. The van der Waals surface area contributed by atoms with Crippen LogP contribution in [0.5, 0.6) is 0 Å². The zero-order valence-corrected chi connectivity index (χ0v) is 8.53. The van der Waals surface area contributed by atoms with Crippen LogP contribution in [0.1, 0.15) is 47.0 Å². The normalized spacial score (nSPS) is 22.7. The van der Waals surface area contributed by atoms with E-state index in [-0.39, 0.29) is 0 Å². The first-order valence-electron chi connectivity index (χ1n) is 4.62. The molecule has 0 atom stereocenters. The lowest BCUT2D eigenvalue weighted by Gasteiger charge is -2.30. The van der Waals surface area contributed by atoms with E-state index in [2.05, 4.69) is 13.8 Å². The summed E-state index contributed by atoms with van der Waals surface area (Å²) in [5, 5.41) is 0. The fourth-order valence-corrected chi connectivity index (χ4v) is 1.72. The molecule has 0 unspecified atom stereocenters. The summed E-state index contributed by atoms with van der Waals surface area (Å²) in [6.07, 6.45) is 2.75. The van der Waals surface area contributed by atoms with Gasteiger partial charge in [0.25, 0.3) is 0 Å². The first-order valence-corrected chi connectivity index (χ1v) is 4.62. The lowest BCUT2D eigenvalue weighted by Crippen LogP contribution is -2.24. The fourth-order valence-electron chi connectivity index (χ4n) is 1.72. The number of allylic oxidation sites excluding steroid dienone is 2. The van der Waals surface area contributed by atoms with Gasteiger partial charge in [-0.1, -0.05) is 19.4 Å². The molecule has 0 heterocycles. The van der Waals surface area contributed by atoms with Gasteiger partial charge in [0.05, 0.1) is 0 Å². The number of carbonyl (C=O) groups excluding carboxylic acids is 1. The lowest BCUT2D eigenvalue weighted by molar-refractivity contribution is -0.117. The number of hydrogen-bond donors (Lipinski definition) is 0. The van der Waals surface area contributed by atoms with Gasteiger partial charge >= 0.3 is 0 Å². The van der Waals surface area contributed by atoms with E-state index in [9.17, 15) is 4.79 Å². The minimum absolute atomic E-state index is 0.334. The SMILES string of the molecule is CC(C)=C1CC(C)(C)CCC1=O. The molecule has 12 heavy (non-hydrogen) atoms. The zero-order chi connectivity index (χ0) is 9.35. The summed E-state index contributed by atoms with van der Waals surface area (Å²) in [6.45, 7) is 8.55. The Balaban J connectivity index is 2.88. The Morgan fingerprint density at radius 1 is 1.33 bits per heavy atom. The van der Waals surface area contributed by atoms with E-state index in [0.717, 1.165) is 24.8 Å². The molecule has 1 rings (SSSR count). The van der Waals surface area contributed by atoms with Gasteiger partial charge in [0.2, 0.25) is 0 Å². The molecule has 1 aliphatic rings. The van der Waals surface area contributed by atoms with Gasteiger partial charge in [0.15, 0.2) is 5.78 Å². The maximum Gasteiger partial charge on any atom is 0.158 e. The lowest BCUT2D eigenvalue weighted by atomic mass is 9.73. The largest absolute Gasteiger partial charge is 0.295 e. The van der Waals surface area contributed by atoms with Gasteiger partial charge in [-0.25, -0.2) is 0 Å². The molecule has 0 spiro atoms. The van der Waals surface area contributed by atoms with Crippen LogP contribution in [0.15, 0.2) is 11.1 Å². The van der Waals surface area contributed by atoms with Crippen molar-refractivity contribution in [3.63, 3.8) is 0 Å². The molecule has 0 aromatic rings. The van der Waals surface area contributed by atoms with Crippen molar-refractivity contribution in [2.24, 2.45) is 5.41 Å². The third-order valence-corrected chi connectivity index (χ3v) is 2.62. The summed E-state index contributed by atoms with van der Waals surface area (Å²) in [4.78, 5) is 11.5. The van der Waals surface area contributed by atoms with Crippen LogP contribution in [-0.2, 0) is 4.79 Å². The van der Waals surface area contributed by atoms with E-state index in [1.54, 1.807) is 0 Å². The van der Waals surface area contributed by atoms with Crippen LogP contribution in [0, 0.1) is 5.41 Å². The molecule has 0 bridgehead atoms. The molecule has 1 aliphatic carbocycles. The molecule has 0 saturated heterocycles. The fraction of sp³-hybridized carbons (Fsp3) is 0.727. The highest BCUT2D eigenvalue weighted by Gasteiger charge is 2.29. The average molecular weight is 166 g/mol. The van der Waals surface area contributed by atoms with E-state index < -0.39 is 0 Å².